The molecule has 0 aromatic rings. The molecule has 0 spiro atoms. The van der Waals surface area contributed by atoms with Gasteiger partial charge < -0.3 is 11.5 Å². The van der Waals surface area contributed by atoms with Crippen molar-refractivity contribution in [2.45, 2.75) is 131 Å². The highest BCUT2D eigenvalue weighted by molar-refractivity contribution is 5.30. The molecule has 0 aromatic heterocycles. The van der Waals surface area contributed by atoms with Gasteiger partial charge >= 0.3 is 0 Å². The summed E-state index contributed by atoms with van der Waals surface area (Å²) in [5.41, 5.74) is 15.7. The van der Waals surface area contributed by atoms with Crippen molar-refractivity contribution in [1.82, 2.24) is 0 Å². The van der Waals surface area contributed by atoms with E-state index >= 15 is 0 Å². The summed E-state index contributed by atoms with van der Waals surface area (Å²) in [6, 6.07) is 0. The molecule has 2 nitrogen and oxygen atoms in total. The zero-order chi connectivity index (χ0) is 21.2. The van der Waals surface area contributed by atoms with Crippen LogP contribution in [0.15, 0.2) is 0 Å². The van der Waals surface area contributed by atoms with E-state index in [4.69, 9.17) is 11.5 Å². The van der Waals surface area contributed by atoms with Gasteiger partial charge in [0.1, 0.15) is 0 Å². The Morgan fingerprint density at radius 1 is 0.857 bits per heavy atom. The van der Waals surface area contributed by atoms with Crippen LogP contribution in [-0.4, -0.2) is 11.1 Å². The summed E-state index contributed by atoms with van der Waals surface area (Å²) in [4.78, 5) is 0. The third-order valence-electron chi connectivity index (χ3n) is 12.0. The van der Waals surface area contributed by atoms with Gasteiger partial charge in [-0.15, -0.1) is 0 Å². The van der Waals surface area contributed by atoms with Crippen LogP contribution >= 0.6 is 0 Å². The van der Waals surface area contributed by atoms with Crippen LogP contribution in [0, 0.1) is 33.5 Å². The molecule has 0 heterocycles. The lowest BCUT2D eigenvalue weighted by Crippen LogP contribution is -2.80. The van der Waals surface area contributed by atoms with Crippen molar-refractivity contribution >= 4 is 0 Å². The van der Waals surface area contributed by atoms with E-state index in [2.05, 4.69) is 55.4 Å². The fourth-order valence-electron chi connectivity index (χ4n) is 9.20. The van der Waals surface area contributed by atoms with Crippen LogP contribution in [0.3, 0.4) is 0 Å². The first-order valence-electron chi connectivity index (χ1n) is 12.4. The molecule has 3 aliphatic carbocycles. The van der Waals surface area contributed by atoms with Crippen molar-refractivity contribution in [1.29, 1.82) is 0 Å². The van der Waals surface area contributed by atoms with E-state index in [-0.39, 0.29) is 32.7 Å². The van der Waals surface area contributed by atoms with E-state index in [9.17, 15) is 0 Å². The topological polar surface area (TPSA) is 52.0 Å². The minimum Gasteiger partial charge on any atom is -0.324 e. The lowest BCUT2D eigenvalue weighted by Gasteiger charge is -2.75. The van der Waals surface area contributed by atoms with Gasteiger partial charge in [0.25, 0.3) is 0 Å². The Hall–Kier alpha value is -0.0800. The molecule has 4 N–H and O–H groups in total. The van der Waals surface area contributed by atoms with Crippen LogP contribution in [0.4, 0.5) is 0 Å². The molecule has 8 unspecified atom stereocenters. The van der Waals surface area contributed by atoms with Crippen LogP contribution in [0.1, 0.15) is 120 Å². The van der Waals surface area contributed by atoms with Gasteiger partial charge in [0.05, 0.1) is 0 Å². The van der Waals surface area contributed by atoms with Crippen molar-refractivity contribution < 1.29 is 0 Å². The van der Waals surface area contributed by atoms with Crippen LogP contribution in [-0.2, 0) is 0 Å². The average Bonchev–Trinajstić information content (AvgIpc) is 2.95. The second kappa shape index (κ2) is 6.71. The van der Waals surface area contributed by atoms with Crippen molar-refractivity contribution in [2.75, 3.05) is 0 Å². The summed E-state index contributed by atoms with van der Waals surface area (Å²) in [7, 11) is 0. The fraction of sp³-hybridized carbons (Fsp3) is 1.00. The highest BCUT2D eigenvalue weighted by atomic mass is 15.0. The SMILES string of the molecule is CCCC1(N)C(C)(CC)CCC2(C)C1(C)CCC1(C)C(C(C)CC)CCC12N. The first kappa shape index (κ1) is 22.6. The first-order valence-corrected chi connectivity index (χ1v) is 12.4. The molecule has 3 aliphatic rings. The predicted molar refractivity (Wildman–Crippen MR) is 122 cm³/mol. The normalized spacial score (nSPS) is 54.9. The third-order valence-corrected chi connectivity index (χ3v) is 12.0. The molecule has 0 saturated heterocycles. The Balaban J connectivity index is 2.15. The van der Waals surface area contributed by atoms with E-state index in [1.54, 1.807) is 0 Å². The lowest BCUT2D eigenvalue weighted by atomic mass is 9.31. The molecule has 3 saturated carbocycles. The highest BCUT2D eigenvalue weighted by Gasteiger charge is 2.76. The third kappa shape index (κ3) is 2.29. The highest BCUT2D eigenvalue weighted by Crippen LogP contribution is 2.77. The minimum absolute atomic E-state index is 0.0888. The van der Waals surface area contributed by atoms with Crippen molar-refractivity contribution in [3.63, 3.8) is 0 Å². The van der Waals surface area contributed by atoms with E-state index in [1.807, 2.05) is 0 Å². The molecule has 3 rings (SSSR count). The van der Waals surface area contributed by atoms with E-state index in [0.717, 1.165) is 18.3 Å². The molecule has 2 heteroatoms. The summed E-state index contributed by atoms with van der Waals surface area (Å²) in [5, 5.41) is 0. The van der Waals surface area contributed by atoms with Gasteiger partial charge in [0.15, 0.2) is 0 Å². The minimum atomic E-state index is -0.126. The Morgan fingerprint density at radius 2 is 1.46 bits per heavy atom. The molecular weight excluding hydrogens is 340 g/mol. The van der Waals surface area contributed by atoms with Gasteiger partial charge in [-0.3, -0.25) is 0 Å². The summed E-state index contributed by atoms with van der Waals surface area (Å²) in [6.45, 7) is 19.7. The van der Waals surface area contributed by atoms with E-state index in [0.29, 0.717) is 0 Å². The summed E-state index contributed by atoms with van der Waals surface area (Å²) >= 11 is 0. The summed E-state index contributed by atoms with van der Waals surface area (Å²) in [6.07, 6.45) is 12.2. The maximum Gasteiger partial charge on any atom is 0.0272 e. The van der Waals surface area contributed by atoms with Crippen LogP contribution in [0.2, 0.25) is 0 Å². The smallest absolute Gasteiger partial charge is 0.0272 e. The number of nitrogens with two attached hydrogens (primary N) is 2. The van der Waals surface area contributed by atoms with Crippen LogP contribution < -0.4 is 11.5 Å². The Labute approximate surface area is 176 Å². The van der Waals surface area contributed by atoms with Gasteiger partial charge in [-0.2, -0.15) is 0 Å². The molecule has 0 radical (unpaired) electrons. The second-order valence-electron chi connectivity index (χ2n) is 12.2. The number of hydrogen-bond acceptors (Lipinski definition) is 2. The average molecular weight is 391 g/mol. The van der Waals surface area contributed by atoms with Crippen LogP contribution in [0.5, 0.6) is 0 Å². The molecule has 0 aliphatic heterocycles. The van der Waals surface area contributed by atoms with Crippen molar-refractivity contribution in [3.05, 3.63) is 0 Å². The quantitative estimate of drug-likeness (QED) is 0.551. The van der Waals surface area contributed by atoms with Gasteiger partial charge in [0.2, 0.25) is 0 Å². The molecule has 3 fully saturated rings. The molecule has 0 aromatic carbocycles. The summed E-state index contributed by atoms with van der Waals surface area (Å²) in [5.74, 6) is 1.54. The Bertz CT molecular complexity index is 603. The Morgan fingerprint density at radius 3 is 2.00 bits per heavy atom. The standard InChI is InChI=1S/C26H50N2/c1-9-13-25(27)21(5,11-3)15-17-24(8)23(25,7)18-16-22(6)20(19(4)10-2)12-14-26(22,24)28/h19-20H,9-18,27-28H2,1-8H3. The van der Waals surface area contributed by atoms with E-state index in [1.165, 1.54) is 57.8 Å². The van der Waals surface area contributed by atoms with Crippen molar-refractivity contribution in [3.8, 4) is 0 Å². The zero-order valence-corrected chi connectivity index (χ0v) is 20.4. The van der Waals surface area contributed by atoms with Gasteiger partial charge in [-0.05, 0) is 84.9 Å². The predicted octanol–water partition coefficient (Wildman–Crippen LogP) is 6.66. The van der Waals surface area contributed by atoms with E-state index < -0.39 is 0 Å². The lowest BCUT2D eigenvalue weighted by molar-refractivity contribution is -0.223. The maximum absolute atomic E-state index is 7.65. The second-order valence-corrected chi connectivity index (χ2v) is 12.2. The monoisotopic (exact) mass is 390 g/mol. The zero-order valence-electron chi connectivity index (χ0n) is 20.4. The molecular formula is C26H50N2. The first-order chi connectivity index (χ1) is 12.9. The fourth-order valence-corrected chi connectivity index (χ4v) is 9.20. The van der Waals surface area contributed by atoms with Gasteiger partial charge in [0, 0.05) is 11.1 Å². The maximum atomic E-state index is 7.65. The Kier molecular flexibility index (Phi) is 5.42. The summed E-state index contributed by atoms with van der Waals surface area (Å²) < 4.78 is 0. The van der Waals surface area contributed by atoms with Crippen LogP contribution in [0.25, 0.3) is 0 Å². The molecule has 0 bridgehead atoms. The molecule has 0 amide bonds. The van der Waals surface area contributed by atoms with Gasteiger partial charge in [-0.25, -0.2) is 0 Å². The number of fused-ring (bicyclic) bond motifs is 3. The molecule has 28 heavy (non-hydrogen) atoms. The molecule has 8 atom stereocenters. The molecule has 164 valence electrons. The van der Waals surface area contributed by atoms with Gasteiger partial charge in [-0.1, -0.05) is 68.2 Å². The number of rotatable bonds is 5. The largest absolute Gasteiger partial charge is 0.324 e. The number of hydrogen-bond donors (Lipinski definition) is 2. The van der Waals surface area contributed by atoms with Crippen molar-refractivity contribution in [2.24, 2.45) is 45.0 Å².